The maximum Gasteiger partial charge on any atom is 0.245 e. The van der Waals surface area contributed by atoms with E-state index in [1.807, 2.05) is 13.1 Å². The van der Waals surface area contributed by atoms with Crippen LogP contribution in [0.25, 0.3) is 16.9 Å². The van der Waals surface area contributed by atoms with Crippen molar-refractivity contribution in [2.24, 2.45) is 0 Å². The van der Waals surface area contributed by atoms with E-state index in [-0.39, 0.29) is 17.8 Å². The fourth-order valence-corrected chi connectivity index (χ4v) is 4.36. The van der Waals surface area contributed by atoms with Crippen molar-refractivity contribution in [1.29, 1.82) is 0 Å². The predicted molar refractivity (Wildman–Crippen MR) is 106 cm³/mol. The first-order valence-corrected chi connectivity index (χ1v) is 9.74. The zero-order valence-electron chi connectivity index (χ0n) is 16.0. The highest BCUT2D eigenvalue weighted by atomic mass is 19.1. The van der Waals surface area contributed by atoms with Gasteiger partial charge in [0.1, 0.15) is 17.6 Å². The Labute approximate surface area is 167 Å². The summed E-state index contributed by atoms with van der Waals surface area (Å²) < 4.78 is 16.6. The van der Waals surface area contributed by atoms with Gasteiger partial charge in [0.05, 0.1) is 24.3 Å². The van der Waals surface area contributed by atoms with Crippen molar-refractivity contribution in [2.75, 3.05) is 11.9 Å². The highest BCUT2D eigenvalue weighted by Crippen LogP contribution is 2.33. The van der Waals surface area contributed by atoms with Crippen LogP contribution in [-0.4, -0.2) is 61.2 Å². The van der Waals surface area contributed by atoms with Crippen LogP contribution in [0.1, 0.15) is 19.3 Å². The minimum Gasteiger partial charge on any atom is -0.507 e. The monoisotopic (exact) mass is 395 g/mol. The van der Waals surface area contributed by atoms with E-state index in [2.05, 4.69) is 25.5 Å². The van der Waals surface area contributed by atoms with Crippen LogP contribution >= 0.6 is 0 Å². The summed E-state index contributed by atoms with van der Waals surface area (Å²) in [4.78, 5) is 10.2. The van der Waals surface area contributed by atoms with Gasteiger partial charge in [0.15, 0.2) is 0 Å². The Hall–Kier alpha value is -3.07. The number of alkyl halides is 1. The molecule has 2 aliphatic rings. The molecule has 0 saturated carbocycles. The number of anilines is 1. The zero-order valence-corrected chi connectivity index (χ0v) is 16.0. The molecule has 2 saturated heterocycles. The van der Waals surface area contributed by atoms with Gasteiger partial charge in [-0.05, 0) is 31.4 Å². The molecule has 1 aromatic carbocycles. The number of imidazole rings is 1. The minimum atomic E-state index is -0.957. The quantitative estimate of drug-likeness (QED) is 0.699. The number of piperidine rings is 1. The molecule has 3 aromatic rings. The molecule has 0 aliphatic carbocycles. The molecular formula is C20H22FN7O. The largest absolute Gasteiger partial charge is 0.507 e. The number of aromatic nitrogens is 5. The maximum absolute atomic E-state index is 14.8. The first-order valence-electron chi connectivity index (χ1n) is 9.74. The van der Waals surface area contributed by atoms with Crippen LogP contribution < -0.4 is 10.2 Å². The average molecular weight is 395 g/mol. The van der Waals surface area contributed by atoms with E-state index in [1.54, 1.807) is 46.5 Å². The van der Waals surface area contributed by atoms with Crippen LogP contribution in [0.15, 0.2) is 43.1 Å². The number of nitrogens with zero attached hydrogens (tertiary/aromatic N) is 6. The van der Waals surface area contributed by atoms with Gasteiger partial charge in [0, 0.05) is 43.2 Å². The molecule has 0 radical (unpaired) electrons. The summed E-state index contributed by atoms with van der Waals surface area (Å²) in [6, 6.07) is 5.28. The van der Waals surface area contributed by atoms with Crippen LogP contribution in [0, 0.1) is 0 Å². The van der Waals surface area contributed by atoms with Gasteiger partial charge in [0.25, 0.3) is 0 Å². The van der Waals surface area contributed by atoms with Gasteiger partial charge < -0.3 is 19.9 Å². The van der Waals surface area contributed by atoms with Crippen molar-refractivity contribution in [3.05, 3.63) is 43.1 Å². The van der Waals surface area contributed by atoms with Crippen molar-refractivity contribution in [3.63, 3.8) is 0 Å². The molecule has 4 atom stereocenters. The third-order valence-electron chi connectivity index (χ3n) is 5.98. The number of hydrogen-bond donors (Lipinski definition) is 2. The number of hydrogen-bond acceptors (Lipinski definition) is 7. The molecule has 0 spiro atoms. The lowest BCUT2D eigenvalue weighted by molar-refractivity contribution is 0.175. The molecule has 150 valence electrons. The first-order chi connectivity index (χ1) is 14.1. The van der Waals surface area contributed by atoms with Crippen molar-refractivity contribution >= 4 is 5.95 Å². The molecular weight excluding hydrogens is 373 g/mol. The normalized spacial score (nSPS) is 25.9. The van der Waals surface area contributed by atoms with Gasteiger partial charge in [-0.25, -0.2) is 14.4 Å². The number of rotatable bonds is 4. The molecule has 8 nitrogen and oxygen atoms in total. The smallest absolute Gasteiger partial charge is 0.245 e. The lowest BCUT2D eigenvalue weighted by Crippen LogP contribution is -2.55. The van der Waals surface area contributed by atoms with Gasteiger partial charge in [-0.1, -0.05) is 0 Å². The van der Waals surface area contributed by atoms with Crippen LogP contribution in [-0.2, 0) is 0 Å². The molecule has 2 aromatic heterocycles. The summed E-state index contributed by atoms with van der Waals surface area (Å²) in [5, 5.41) is 22.2. The molecule has 2 bridgehead atoms. The summed E-state index contributed by atoms with van der Waals surface area (Å²) in [7, 11) is 1.82. The number of phenols is 1. The highest BCUT2D eigenvalue weighted by Gasteiger charge is 2.44. The van der Waals surface area contributed by atoms with Gasteiger partial charge in [0.2, 0.25) is 5.95 Å². The number of benzene rings is 1. The molecule has 4 heterocycles. The molecule has 0 amide bonds. The lowest BCUT2D eigenvalue weighted by atomic mass is 9.97. The van der Waals surface area contributed by atoms with Crippen LogP contribution in [0.2, 0.25) is 0 Å². The average Bonchev–Trinajstić information content (AvgIpc) is 3.41. The highest BCUT2D eigenvalue weighted by molar-refractivity contribution is 5.68. The molecule has 9 heteroatoms. The van der Waals surface area contributed by atoms with E-state index in [1.165, 1.54) is 0 Å². The molecule has 2 fully saturated rings. The zero-order chi connectivity index (χ0) is 20.0. The summed E-state index contributed by atoms with van der Waals surface area (Å²) in [5.41, 5.74) is 1.78. The molecule has 0 unspecified atom stereocenters. The minimum absolute atomic E-state index is 0.0761. The molecule has 2 N–H and O–H groups in total. The first kappa shape index (κ1) is 18.0. The van der Waals surface area contributed by atoms with E-state index in [9.17, 15) is 9.50 Å². The Morgan fingerprint density at radius 3 is 2.90 bits per heavy atom. The number of phenolic OH excluding ortho intramolecular Hbond substituents is 1. The maximum atomic E-state index is 14.8. The van der Waals surface area contributed by atoms with Crippen molar-refractivity contribution in [1.82, 2.24) is 30.0 Å². The fraction of sp³-hybridized carbons (Fsp3) is 0.400. The summed E-state index contributed by atoms with van der Waals surface area (Å²) in [6.45, 7) is 0. The molecule has 29 heavy (non-hydrogen) atoms. The SMILES string of the molecule is CN(c1ncc(-c2ccc(-n3ccnc3)cc2O)nn1)[C@H]1C[C@@H]2CC[C@@H](N2)[C@@H]1F. The van der Waals surface area contributed by atoms with Gasteiger partial charge in [-0.2, -0.15) is 0 Å². The second-order valence-corrected chi connectivity index (χ2v) is 7.72. The van der Waals surface area contributed by atoms with E-state index < -0.39 is 6.17 Å². The lowest BCUT2D eigenvalue weighted by Gasteiger charge is -2.38. The number of aromatic hydroxyl groups is 1. The van der Waals surface area contributed by atoms with Gasteiger partial charge in [-0.15, -0.1) is 10.2 Å². The van der Waals surface area contributed by atoms with Crippen LogP contribution in [0.5, 0.6) is 5.75 Å². The predicted octanol–water partition coefficient (Wildman–Crippen LogP) is 2.10. The third kappa shape index (κ3) is 3.21. The van der Waals surface area contributed by atoms with Gasteiger partial charge >= 0.3 is 0 Å². The van der Waals surface area contributed by atoms with E-state index in [4.69, 9.17) is 0 Å². The van der Waals surface area contributed by atoms with Crippen molar-refractivity contribution < 1.29 is 9.50 Å². The van der Waals surface area contributed by atoms with E-state index >= 15 is 0 Å². The van der Waals surface area contributed by atoms with E-state index in [0.29, 0.717) is 23.2 Å². The number of nitrogens with one attached hydrogen (secondary N) is 1. The summed E-state index contributed by atoms with van der Waals surface area (Å²) in [6.07, 6.45) is 8.36. The standard InChI is InChI=1S/C20H22FN7O/c1-27(17-8-12-2-5-15(24-12)19(17)21)20-23-10-16(25-26-20)14-4-3-13(9-18(14)29)28-7-6-22-11-28/h3-4,6-7,9-12,15,17,19,24,29H,2,5,8H2,1H3/t12-,15+,17-,19-/m0/s1. The fourth-order valence-electron chi connectivity index (χ4n) is 4.36. The van der Waals surface area contributed by atoms with Crippen LogP contribution in [0.3, 0.4) is 0 Å². The Balaban J connectivity index is 1.36. The Kier molecular flexibility index (Phi) is 4.39. The molecule has 2 aliphatic heterocycles. The second kappa shape index (κ2) is 7.07. The van der Waals surface area contributed by atoms with E-state index in [0.717, 1.165) is 24.9 Å². The Bertz CT molecular complexity index is 995. The summed E-state index contributed by atoms with van der Waals surface area (Å²) >= 11 is 0. The molecule has 5 rings (SSSR count). The topological polar surface area (TPSA) is 92.0 Å². The second-order valence-electron chi connectivity index (χ2n) is 7.72. The Morgan fingerprint density at radius 2 is 2.17 bits per heavy atom. The van der Waals surface area contributed by atoms with Crippen LogP contribution in [0.4, 0.5) is 10.3 Å². The Morgan fingerprint density at radius 1 is 1.28 bits per heavy atom. The number of fused-ring (bicyclic) bond motifs is 2. The van der Waals surface area contributed by atoms with Crippen molar-refractivity contribution in [2.45, 2.75) is 43.6 Å². The van der Waals surface area contributed by atoms with Crippen molar-refractivity contribution in [3.8, 4) is 22.7 Å². The van der Waals surface area contributed by atoms with Gasteiger partial charge in [-0.3, -0.25) is 0 Å². The summed E-state index contributed by atoms with van der Waals surface area (Å²) in [5.74, 6) is 0.462. The number of halogens is 1. The third-order valence-corrected chi connectivity index (χ3v) is 5.98.